The molecule has 0 aliphatic heterocycles. The summed E-state index contributed by atoms with van der Waals surface area (Å²) < 4.78 is 7.11. The van der Waals surface area contributed by atoms with E-state index in [4.69, 9.17) is 15.5 Å². The van der Waals surface area contributed by atoms with Gasteiger partial charge in [0.2, 0.25) is 0 Å². The number of hydrogen-bond donors (Lipinski definition) is 1. The number of rotatable bonds is 4. The lowest BCUT2D eigenvalue weighted by molar-refractivity contribution is 0.0508. The van der Waals surface area contributed by atoms with Crippen LogP contribution in [-0.2, 0) is 4.74 Å². The fraction of sp³-hybridized carbons (Fsp3) is 0.190. The molecule has 2 aromatic carbocycles. The van der Waals surface area contributed by atoms with Crippen molar-refractivity contribution >= 4 is 34.0 Å². The van der Waals surface area contributed by atoms with Gasteiger partial charge in [-0.3, -0.25) is 4.57 Å². The van der Waals surface area contributed by atoms with Crippen LogP contribution in [0, 0.1) is 6.92 Å². The second-order valence-electron chi connectivity index (χ2n) is 6.45. The van der Waals surface area contributed by atoms with Gasteiger partial charge in [-0.05, 0) is 37.6 Å². The predicted octanol–water partition coefficient (Wildman–Crippen LogP) is 4.03. The molecule has 0 aliphatic carbocycles. The average molecular weight is 360 g/mol. The first-order chi connectivity index (χ1) is 13.1. The zero-order chi connectivity index (χ0) is 19.0. The summed E-state index contributed by atoms with van der Waals surface area (Å²) in [5.74, 6) is -0.194. The van der Waals surface area contributed by atoms with E-state index in [1.165, 1.54) is 0 Å². The molecule has 4 aromatic rings. The Morgan fingerprint density at radius 2 is 1.74 bits per heavy atom. The quantitative estimate of drug-likeness (QED) is 0.556. The molecule has 2 heterocycles. The molecule has 27 heavy (non-hydrogen) atoms. The first-order valence-electron chi connectivity index (χ1n) is 8.91. The Morgan fingerprint density at radius 1 is 1.07 bits per heavy atom. The van der Waals surface area contributed by atoms with Crippen molar-refractivity contribution in [1.82, 2.24) is 14.5 Å². The van der Waals surface area contributed by atoms with Gasteiger partial charge in [-0.2, -0.15) is 0 Å². The molecule has 0 unspecified atom stereocenters. The second kappa shape index (κ2) is 6.72. The van der Waals surface area contributed by atoms with Crippen LogP contribution in [0.1, 0.15) is 29.3 Å². The number of ether oxygens (including phenoxy) is 1. The van der Waals surface area contributed by atoms with Crippen LogP contribution in [0.15, 0.2) is 48.5 Å². The Bertz CT molecular complexity index is 1150. The van der Waals surface area contributed by atoms with Crippen LogP contribution < -0.4 is 5.73 Å². The van der Waals surface area contributed by atoms with Crippen molar-refractivity contribution in [3.05, 3.63) is 59.7 Å². The number of carbonyl (C=O) groups is 1. The highest BCUT2D eigenvalue weighted by Crippen LogP contribution is 2.31. The summed E-state index contributed by atoms with van der Waals surface area (Å²) in [6, 6.07) is 15.4. The van der Waals surface area contributed by atoms with Gasteiger partial charge >= 0.3 is 5.97 Å². The predicted molar refractivity (Wildman–Crippen MR) is 106 cm³/mol. The highest BCUT2D eigenvalue weighted by Gasteiger charge is 2.25. The summed E-state index contributed by atoms with van der Waals surface area (Å²) >= 11 is 0. The van der Waals surface area contributed by atoms with Crippen molar-refractivity contribution in [2.75, 3.05) is 12.3 Å². The lowest BCUT2D eigenvalue weighted by Crippen LogP contribution is -2.09. The van der Waals surface area contributed by atoms with Gasteiger partial charge in [0.15, 0.2) is 5.65 Å². The zero-order valence-corrected chi connectivity index (χ0v) is 15.3. The highest BCUT2D eigenvalue weighted by molar-refractivity contribution is 6.09. The molecule has 0 aliphatic rings. The average Bonchev–Trinajstić information content (AvgIpc) is 2.96. The standard InChI is InChI=1S/C21H20N4O2/c1-3-12-27-21(26)17-18-20(24-16-7-5-4-6-15(16)23-18)25(19(17)22)14-10-8-13(2)9-11-14/h4-11H,3,12,22H2,1-2H3. The number of nitrogens with zero attached hydrogens (tertiary/aromatic N) is 3. The molecule has 6 nitrogen and oxygen atoms in total. The maximum absolute atomic E-state index is 12.7. The van der Waals surface area contributed by atoms with E-state index in [9.17, 15) is 4.79 Å². The number of nitrogen functional groups attached to an aromatic ring is 1. The molecule has 6 heteroatoms. The maximum Gasteiger partial charge on any atom is 0.344 e. The molecule has 0 amide bonds. The van der Waals surface area contributed by atoms with Crippen molar-refractivity contribution in [2.24, 2.45) is 0 Å². The topological polar surface area (TPSA) is 83.0 Å². The number of nitrogens with two attached hydrogens (primary N) is 1. The molecule has 2 N–H and O–H groups in total. The zero-order valence-electron chi connectivity index (χ0n) is 15.3. The molecular weight excluding hydrogens is 340 g/mol. The molecule has 0 saturated heterocycles. The summed E-state index contributed by atoms with van der Waals surface area (Å²) in [7, 11) is 0. The third-order valence-corrected chi connectivity index (χ3v) is 4.43. The Hall–Kier alpha value is -3.41. The van der Waals surface area contributed by atoms with Crippen LogP contribution in [-0.4, -0.2) is 27.1 Å². The van der Waals surface area contributed by atoms with Crippen LogP contribution in [0.2, 0.25) is 0 Å². The number of anilines is 1. The van der Waals surface area contributed by atoms with Crippen LogP contribution >= 0.6 is 0 Å². The van der Waals surface area contributed by atoms with Crippen LogP contribution in [0.25, 0.3) is 27.9 Å². The van der Waals surface area contributed by atoms with E-state index in [0.29, 0.717) is 23.3 Å². The van der Waals surface area contributed by atoms with Gasteiger partial charge in [0.25, 0.3) is 0 Å². The van der Waals surface area contributed by atoms with Gasteiger partial charge in [-0.25, -0.2) is 14.8 Å². The number of fused-ring (bicyclic) bond motifs is 2. The molecule has 0 radical (unpaired) electrons. The number of aryl methyl sites for hydroxylation is 1. The Labute approximate surface area is 156 Å². The normalized spacial score (nSPS) is 11.2. The van der Waals surface area contributed by atoms with Crippen molar-refractivity contribution < 1.29 is 9.53 Å². The fourth-order valence-electron chi connectivity index (χ4n) is 3.08. The van der Waals surface area contributed by atoms with E-state index in [1.807, 2.05) is 62.4 Å². The maximum atomic E-state index is 12.7. The summed E-state index contributed by atoms with van der Waals surface area (Å²) in [5.41, 5.74) is 11.1. The largest absolute Gasteiger partial charge is 0.462 e. The number of carbonyl (C=O) groups excluding carboxylic acids is 1. The molecule has 0 atom stereocenters. The van der Waals surface area contributed by atoms with Gasteiger partial charge in [0.05, 0.1) is 17.6 Å². The number of benzene rings is 2. The van der Waals surface area contributed by atoms with Crippen LogP contribution in [0.4, 0.5) is 5.82 Å². The van der Waals surface area contributed by atoms with Crippen molar-refractivity contribution in [1.29, 1.82) is 0 Å². The lowest BCUT2D eigenvalue weighted by atomic mass is 10.2. The summed E-state index contributed by atoms with van der Waals surface area (Å²) in [6.45, 7) is 4.29. The van der Waals surface area contributed by atoms with Crippen molar-refractivity contribution in [3.63, 3.8) is 0 Å². The van der Waals surface area contributed by atoms with E-state index in [0.717, 1.165) is 23.2 Å². The van der Waals surface area contributed by atoms with E-state index < -0.39 is 5.97 Å². The van der Waals surface area contributed by atoms with Crippen LogP contribution in [0.3, 0.4) is 0 Å². The molecule has 0 saturated carbocycles. The summed E-state index contributed by atoms with van der Waals surface area (Å²) in [5, 5.41) is 0. The molecule has 0 fully saturated rings. The molecule has 4 rings (SSSR count). The van der Waals surface area contributed by atoms with Gasteiger partial charge in [-0.15, -0.1) is 0 Å². The van der Waals surface area contributed by atoms with E-state index >= 15 is 0 Å². The minimum atomic E-state index is -0.477. The van der Waals surface area contributed by atoms with Crippen LogP contribution in [0.5, 0.6) is 0 Å². The third kappa shape index (κ3) is 2.89. The first kappa shape index (κ1) is 17.0. The Kier molecular flexibility index (Phi) is 4.24. The lowest BCUT2D eigenvalue weighted by Gasteiger charge is -2.08. The van der Waals surface area contributed by atoms with Crippen molar-refractivity contribution in [3.8, 4) is 5.69 Å². The SMILES string of the molecule is CCCOC(=O)c1c(N)n(-c2ccc(C)cc2)c2nc3ccccc3nc12. The summed E-state index contributed by atoms with van der Waals surface area (Å²) in [4.78, 5) is 22.1. The summed E-state index contributed by atoms with van der Waals surface area (Å²) in [6.07, 6.45) is 0.733. The molecule has 0 bridgehead atoms. The molecule has 136 valence electrons. The first-order valence-corrected chi connectivity index (χ1v) is 8.91. The second-order valence-corrected chi connectivity index (χ2v) is 6.45. The number of hydrogen-bond acceptors (Lipinski definition) is 5. The molecule has 2 aromatic heterocycles. The van der Waals surface area contributed by atoms with Crippen molar-refractivity contribution in [2.45, 2.75) is 20.3 Å². The Balaban J connectivity index is 2.03. The van der Waals surface area contributed by atoms with E-state index in [1.54, 1.807) is 4.57 Å². The minimum absolute atomic E-state index is 0.261. The minimum Gasteiger partial charge on any atom is -0.462 e. The van der Waals surface area contributed by atoms with E-state index in [2.05, 4.69) is 4.98 Å². The fourth-order valence-corrected chi connectivity index (χ4v) is 3.08. The Morgan fingerprint density at radius 3 is 2.41 bits per heavy atom. The number of esters is 1. The van der Waals surface area contributed by atoms with Gasteiger partial charge in [0, 0.05) is 5.69 Å². The monoisotopic (exact) mass is 360 g/mol. The number of para-hydroxylation sites is 2. The number of aromatic nitrogens is 3. The van der Waals surface area contributed by atoms with E-state index in [-0.39, 0.29) is 11.4 Å². The van der Waals surface area contributed by atoms with Gasteiger partial charge in [-0.1, -0.05) is 36.8 Å². The smallest absolute Gasteiger partial charge is 0.344 e. The van der Waals surface area contributed by atoms with Gasteiger partial charge in [0.1, 0.15) is 16.9 Å². The molecular formula is C21H20N4O2. The molecule has 0 spiro atoms. The van der Waals surface area contributed by atoms with Gasteiger partial charge < -0.3 is 10.5 Å². The highest BCUT2D eigenvalue weighted by atomic mass is 16.5. The third-order valence-electron chi connectivity index (χ3n) is 4.43.